The quantitative estimate of drug-likeness (QED) is 0.762. The van der Waals surface area contributed by atoms with Crippen molar-refractivity contribution in [1.29, 1.82) is 0 Å². The lowest BCUT2D eigenvalue weighted by atomic mass is 10.2. The van der Waals surface area contributed by atoms with Crippen LogP contribution in [0.15, 0.2) is 46.9 Å². The van der Waals surface area contributed by atoms with Crippen molar-refractivity contribution in [3.05, 3.63) is 52.5 Å². The lowest BCUT2D eigenvalue weighted by Gasteiger charge is -2.10. The minimum absolute atomic E-state index is 0.112. The van der Waals surface area contributed by atoms with Crippen LogP contribution in [-0.4, -0.2) is 11.6 Å². The molecule has 0 spiro atoms. The molecule has 0 fully saturated rings. The minimum atomic E-state index is -2.83. The molecule has 0 aliphatic heterocycles. The maximum absolute atomic E-state index is 12.1. The average molecular weight is 373 g/mol. The van der Waals surface area contributed by atoms with E-state index in [1.54, 1.807) is 18.2 Å². The SMILES string of the molecule is NC(=S)c1ccc(Nc2ccc(OC(F)F)cc2)cc1Br. The van der Waals surface area contributed by atoms with Crippen molar-refractivity contribution in [2.24, 2.45) is 5.73 Å². The van der Waals surface area contributed by atoms with Crippen LogP contribution in [-0.2, 0) is 0 Å². The highest BCUT2D eigenvalue weighted by Crippen LogP contribution is 2.25. The van der Waals surface area contributed by atoms with Crippen LogP contribution in [0.2, 0.25) is 0 Å². The van der Waals surface area contributed by atoms with Gasteiger partial charge in [0.05, 0.1) is 0 Å². The van der Waals surface area contributed by atoms with Gasteiger partial charge in [0, 0.05) is 21.4 Å². The number of hydrogen-bond donors (Lipinski definition) is 2. The lowest BCUT2D eigenvalue weighted by Crippen LogP contribution is -2.10. The lowest BCUT2D eigenvalue weighted by molar-refractivity contribution is -0.0498. The van der Waals surface area contributed by atoms with Crippen molar-refractivity contribution in [2.75, 3.05) is 5.32 Å². The van der Waals surface area contributed by atoms with Crippen LogP contribution in [0.4, 0.5) is 20.2 Å². The van der Waals surface area contributed by atoms with E-state index < -0.39 is 6.61 Å². The molecule has 0 amide bonds. The number of alkyl halides is 2. The molecule has 3 N–H and O–H groups in total. The van der Waals surface area contributed by atoms with Gasteiger partial charge in [0.15, 0.2) is 0 Å². The molecule has 3 nitrogen and oxygen atoms in total. The predicted molar refractivity (Wildman–Crippen MR) is 86.4 cm³/mol. The number of nitrogens with one attached hydrogen (secondary N) is 1. The summed E-state index contributed by atoms with van der Waals surface area (Å²) in [4.78, 5) is 0.307. The third-order valence-corrected chi connectivity index (χ3v) is 3.48. The van der Waals surface area contributed by atoms with Crippen molar-refractivity contribution < 1.29 is 13.5 Å². The van der Waals surface area contributed by atoms with Gasteiger partial charge in [0.25, 0.3) is 0 Å². The van der Waals surface area contributed by atoms with E-state index in [-0.39, 0.29) is 5.75 Å². The standard InChI is InChI=1S/C14H11BrF2N2OS/c15-12-7-9(3-6-11(12)13(18)21)19-8-1-4-10(5-2-8)20-14(16)17/h1-7,14,19H,(H2,18,21). The van der Waals surface area contributed by atoms with Crippen molar-refractivity contribution >= 4 is 44.5 Å². The first-order valence-electron chi connectivity index (χ1n) is 5.87. The molecule has 7 heteroatoms. The number of thiocarbonyl (C=S) groups is 1. The molecule has 0 aliphatic carbocycles. The van der Waals surface area contributed by atoms with E-state index >= 15 is 0 Å². The third kappa shape index (κ3) is 4.37. The Morgan fingerprint density at radius 3 is 2.29 bits per heavy atom. The van der Waals surface area contributed by atoms with Crippen LogP contribution in [0.3, 0.4) is 0 Å². The Hall–Kier alpha value is -1.73. The van der Waals surface area contributed by atoms with Gasteiger partial charge < -0.3 is 15.8 Å². The number of rotatable bonds is 5. The Kier molecular flexibility index (Phi) is 5.08. The highest BCUT2D eigenvalue weighted by molar-refractivity contribution is 9.10. The molecule has 0 saturated heterocycles. The maximum Gasteiger partial charge on any atom is 0.387 e. The molecule has 0 aromatic heterocycles. The number of benzene rings is 2. The van der Waals surface area contributed by atoms with Crippen molar-refractivity contribution in [1.82, 2.24) is 0 Å². The van der Waals surface area contributed by atoms with Gasteiger partial charge >= 0.3 is 6.61 Å². The molecule has 0 radical (unpaired) electrons. The number of halogens is 3. The van der Waals surface area contributed by atoms with E-state index in [0.717, 1.165) is 21.4 Å². The fraction of sp³-hybridized carbons (Fsp3) is 0.0714. The van der Waals surface area contributed by atoms with Gasteiger partial charge in [-0.05, 0) is 58.4 Å². The first-order chi connectivity index (χ1) is 9.95. The number of nitrogens with two attached hydrogens (primary N) is 1. The van der Waals surface area contributed by atoms with Crippen LogP contribution in [0.5, 0.6) is 5.75 Å². The highest BCUT2D eigenvalue weighted by atomic mass is 79.9. The molecule has 0 bridgehead atoms. The average Bonchev–Trinajstić information content (AvgIpc) is 2.40. The molecule has 0 heterocycles. The molecule has 0 unspecified atom stereocenters. The summed E-state index contributed by atoms with van der Waals surface area (Å²) in [6.07, 6.45) is 0. The van der Waals surface area contributed by atoms with Crippen LogP contribution in [0.25, 0.3) is 0 Å². The molecule has 2 aromatic rings. The van der Waals surface area contributed by atoms with Gasteiger partial charge in [-0.2, -0.15) is 8.78 Å². The fourth-order valence-electron chi connectivity index (χ4n) is 1.68. The molecular formula is C14H11BrF2N2OS. The Labute approximate surface area is 134 Å². The van der Waals surface area contributed by atoms with E-state index in [1.807, 2.05) is 12.1 Å². The van der Waals surface area contributed by atoms with Crippen LogP contribution in [0.1, 0.15) is 5.56 Å². The van der Waals surface area contributed by atoms with Gasteiger partial charge in [-0.15, -0.1) is 0 Å². The molecule has 2 rings (SSSR count). The normalized spacial score (nSPS) is 10.5. The molecule has 0 saturated carbocycles. The first kappa shape index (κ1) is 15.7. The molecule has 21 heavy (non-hydrogen) atoms. The molecule has 0 aliphatic rings. The van der Waals surface area contributed by atoms with E-state index in [1.165, 1.54) is 12.1 Å². The Bertz CT molecular complexity index is 650. The summed E-state index contributed by atoms with van der Waals surface area (Å²) in [5.41, 5.74) is 7.88. The van der Waals surface area contributed by atoms with Crippen molar-refractivity contribution in [3.8, 4) is 5.75 Å². The van der Waals surface area contributed by atoms with Crippen LogP contribution < -0.4 is 15.8 Å². The second kappa shape index (κ2) is 6.82. The largest absolute Gasteiger partial charge is 0.435 e. The molecular weight excluding hydrogens is 362 g/mol. The van der Waals surface area contributed by atoms with Crippen LogP contribution >= 0.6 is 28.1 Å². The zero-order valence-corrected chi connectivity index (χ0v) is 13.0. The topological polar surface area (TPSA) is 47.3 Å². The summed E-state index contributed by atoms with van der Waals surface area (Å²) >= 11 is 8.31. The number of anilines is 2. The Morgan fingerprint density at radius 2 is 1.76 bits per heavy atom. The van der Waals surface area contributed by atoms with Gasteiger partial charge in [-0.3, -0.25) is 0 Å². The summed E-state index contributed by atoms with van der Waals surface area (Å²) in [6.45, 7) is -2.83. The second-order valence-electron chi connectivity index (χ2n) is 4.09. The fourth-order valence-corrected chi connectivity index (χ4v) is 2.58. The summed E-state index contributed by atoms with van der Waals surface area (Å²) in [6, 6.07) is 11.7. The monoisotopic (exact) mass is 372 g/mol. The van der Waals surface area contributed by atoms with Gasteiger partial charge in [-0.1, -0.05) is 12.2 Å². The van der Waals surface area contributed by atoms with E-state index in [0.29, 0.717) is 4.99 Å². The highest BCUT2D eigenvalue weighted by Gasteiger charge is 2.06. The summed E-state index contributed by atoms with van der Waals surface area (Å²) in [5, 5.41) is 3.13. The summed E-state index contributed by atoms with van der Waals surface area (Å²) < 4.78 is 29.2. The molecule has 0 atom stereocenters. The van der Waals surface area contributed by atoms with Gasteiger partial charge in [-0.25, -0.2) is 0 Å². The maximum atomic E-state index is 12.1. The van der Waals surface area contributed by atoms with E-state index in [9.17, 15) is 8.78 Å². The number of ether oxygens (including phenoxy) is 1. The minimum Gasteiger partial charge on any atom is -0.435 e. The van der Waals surface area contributed by atoms with E-state index in [2.05, 4.69) is 26.0 Å². The second-order valence-corrected chi connectivity index (χ2v) is 5.38. The summed E-state index contributed by atoms with van der Waals surface area (Å²) in [5.74, 6) is 0.112. The molecule has 2 aromatic carbocycles. The number of hydrogen-bond acceptors (Lipinski definition) is 3. The zero-order chi connectivity index (χ0) is 15.4. The van der Waals surface area contributed by atoms with Gasteiger partial charge in [0.2, 0.25) is 0 Å². The zero-order valence-electron chi connectivity index (χ0n) is 10.6. The predicted octanol–water partition coefficient (Wildman–Crippen LogP) is 4.43. The van der Waals surface area contributed by atoms with Gasteiger partial charge in [0.1, 0.15) is 10.7 Å². The van der Waals surface area contributed by atoms with E-state index in [4.69, 9.17) is 18.0 Å². The third-order valence-electron chi connectivity index (χ3n) is 2.60. The smallest absolute Gasteiger partial charge is 0.387 e. The van der Waals surface area contributed by atoms with Crippen molar-refractivity contribution in [3.63, 3.8) is 0 Å². The van der Waals surface area contributed by atoms with Crippen LogP contribution in [0, 0.1) is 0 Å². The Balaban J connectivity index is 2.11. The summed E-state index contributed by atoms with van der Waals surface area (Å²) in [7, 11) is 0. The Morgan fingerprint density at radius 1 is 1.14 bits per heavy atom. The first-order valence-corrected chi connectivity index (χ1v) is 7.07. The molecule has 110 valence electrons. The van der Waals surface area contributed by atoms with Crippen molar-refractivity contribution in [2.45, 2.75) is 6.61 Å².